The molecule has 0 atom stereocenters. The van der Waals surface area contributed by atoms with Crippen LogP contribution in [0.25, 0.3) is 0 Å². The molecule has 0 unspecified atom stereocenters. The van der Waals surface area contributed by atoms with Crippen LogP contribution < -0.4 is 10.6 Å². The lowest BCUT2D eigenvalue weighted by molar-refractivity contribution is 0.0579. The molecule has 1 aliphatic carbocycles. The molecular weight excluding hydrogens is 435 g/mol. The van der Waals surface area contributed by atoms with Gasteiger partial charge in [-0.05, 0) is 33.1 Å². The highest BCUT2D eigenvalue weighted by atomic mass is 127. The molecule has 138 valence electrons. The number of rotatable bonds is 9. The van der Waals surface area contributed by atoms with Crippen LogP contribution in [0.5, 0.6) is 0 Å². The van der Waals surface area contributed by atoms with Gasteiger partial charge in [-0.3, -0.25) is 4.99 Å². The van der Waals surface area contributed by atoms with Crippen molar-refractivity contribution in [3.05, 3.63) is 16.1 Å². The Balaban J connectivity index is 0.00000288. The van der Waals surface area contributed by atoms with Crippen molar-refractivity contribution in [1.29, 1.82) is 0 Å². The predicted molar refractivity (Wildman–Crippen MR) is 113 cm³/mol. The monoisotopic (exact) mass is 466 g/mol. The van der Waals surface area contributed by atoms with Gasteiger partial charge in [0.05, 0.1) is 16.8 Å². The van der Waals surface area contributed by atoms with Crippen molar-refractivity contribution in [1.82, 2.24) is 15.6 Å². The van der Waals surface area contributed by atoms with Crippen molar-refractivity contribution >= 4 is 41.3 Å². The summed E-state index contributed by atoms with van der Waals surface area (Å²) in [6.45, 7) is 7.49. The Labute approximate surface area is 167 Å². The summed E-state index contributed by atoms with van der Waals surface area (Å²) >= 11 is 1.70. The topological polar surface area (TPSA) is 58.5 Å². The summed E-state index contributed by atoms with van der Waals surface area (Å²) in [5.41, 5.74) is 1.15. The average Bonchev–Trinajstić information content (AvgIpc) is 3.19. The largest absolute Gasteiger partial charge is 0.378 e. The molecule has 0 saturated heterocycles. The number of hydrogen-bond acceptors (Lipinski definition) is 4. The Morgan fingerprint density at radius 1 is 1.38 bits per heavy atom. The molecule has 0 amide bonds. The van der Waals surface area contributed by atoms with E-state index in [1.165, 1.54) is 25.7 Å². The molecule has 1 aromatic rings. The van der Waals surface area contributed by atoms with Gasteiger partial charge in [0.1, 0.15) is 0 Å². The number of guanidine groups is 1. The van der Waals surface area contributed by atoms with Crippen molar-refractivity contribution < 1.29 is 4.74 Å². The van der Waals surface area contributed by atoms with Gasteiger partial charge in [0.2, 0.25) is 0 Å². The molecule has 2 rings (SSSR count). The first-order valence-electron chi connectivity index (χ1n) is 8.82. The zero-order chi connectivity index (χ0) is 16.3. The van der Waals surface area contributed by atoms with E-state index in [1.54, 1.807) is 11.3 Å². The van der Waals surface area contributed by atoms with Gasteiger partial charge in [-0.2, -0.15) is 0 Å². The van der Waals surface area contributed by atoms with Crippen molar-refractivity contribution in [3.63, 3.8) is 0 Å². The van der Waals surface area contributed by atoms with E-state index in [2.05, 4.69) is 32.9 Å². The molecule has 0 spiro atoms. The molecule has 1 aliphatic rings. The maximum atomic E-state index is 5.87. The first kappa shape index (κ1) is 21.6. The number of aromatic nitrogens is 1. The van der Waals surface area contributed by atoms with Crippen LogP contribution in [0, 0.1) is 6.92 Å². The van der Waals surface area contributed by atoms with E-state index in [9.17, 15) is 0 Å². The fraction of sp³-hybridized carbons (Fsp3) is 0.765. The molecule has 0 aromatic carbocycles. The lowest BCUT2D eigenvalue weighted by Gasteiger charge is -2.12. The minimum Gasteiger partial charge on any atom is -0.378 e. The number of thiazole rings is 1. The van der Waals surface area contributed by atoms with Crippen LogP contribution in [0.3, 0.4) is 0 Å². The summed E-state index contributed by atoms with van der Waals surface area (Å²) in [6.07, 6.45) is 7.56. The van der Waals surface area contributed by atoms with Crippen LogP contribution in [0.1, 0.15) is 49.7 Å². The zero-order valence-corrected chi connectivity index (χ0v) is 18.0. The summed E-state index contributed by atoms with van der Waals surface area (Å²) in [6, 6.07) is 0. The number of halogens is 1. The molecule has 5 nitrogen and oxygen atoms in total. The Bertz CT molecular complexity index is 475. The highest BCUT2D eigenvalue weighted by molar-refractivity contribution is 14.0. The second kappa shape index (κ2) is 12.9. The van der Waals surface area contributed by atoms with Crippen LogP contribution >= 0.6 is 35.3 Å². The maximum absolute atomic E-state index is 5.87. The molecule has 2 N–H and O–H groups in total. The SMILES string of the molecule is CCNC(=NCCCOC1CCCC1)NCCc1csc(C)n1.I. The van der Waals surface area contributed by atoms with Gasteiger partial charge in [-0.25, -0.2) is 4.98 Å². The lowest BCUT2D eigenvalue weighted by Crippen LogP contribution is -2.38. The number of nitrogens with one attached hydrogen (secondary N) is 2. The van der Waals surface area contributed by atoms with Crippen molar-refractivity contribution in [3.8, 4) is 0 Å². The van der Waals surface area contributed by atoms with Crippen LogP contribution in [0.2, 0.25) is 0 Å². The molecule has 0 bridgehead atoms. The maximum Gasteiger partial charge on any atom is 0.191 e. The van der Waals surface area contributed by atoms with E-state index in [0.717, 1.165) is 55.7 Å². The van der Waals surface area contributed by atoms with Crippen LogP contribution in [-0.4, -0.2) is 43.3 Å². The lowest BCUT2D eigenvalue weighted by atomic mass is 10.3. The van der Waals surface area contributed by atoms with Gasteiger partial charge >= 0.3 is 0 Å². The molecule has 24 heavy (non-hydrogen) atoms. The van der Waals surface area contributed by atoms with E-state index in [-0.39, 0.29) is 24.0 Å². The summed E-state index contributed by atoms with van der Waals surface area (Å²) < 4.78 is 5.87. The highest BCUT2D eigenvalue weighted by Gasteiger charge is 2.14. The smallest absolute Gasteiger partial charge is 0.191 e. The van der Waals surface area contributed by atoms with Gasteiger partial charge in [0.25, 0.3) is 0 Å². The van der Waals surface area contributed by atoms with Gasteiger partial charge in [0.15, 0.2) is 5.96 Å². The summed E-state index contributed by atoms with van der Waals surface area (Å²) in [5.74, 6) is 0.889. The first-order chi connectivity index (χ1) is 11.3. The van der Waals surface area contributed by atoms with E-state index in [1.807, 2.05) is 6.92 Å². The molecule has 0 radical (unpaired) electrons. The summed E-state index contributed by atoms with van der Waals surface area (Å²) in [4.78, 5) is 9.09. The third kappa shape index (κ3) is 8.62. The molecule has 1 saturated carbocycles. The quantitative estimate of drug-likeness (QED) is 0.253. The third-order valence-electron chi connectivity index (χ3n) is 3.91. The second-order valence-electron chi connectivity index (χ2n) is 5.93. The number of nitrogens with zero attached hydrogens (tertiary/aromatic N) is 2. The van der Waals surface area contributed by atoms with Crippen molar-refractivity contribution in [2.45, 2.75) is 58.5 Å². The molecule has 1 fully saturated rings. The standard InChI is InChI=1S/C17H30N4OS.HI/c1-3-18-17(20-11-9-15-13-23-14(2)21-15)19-10-6-12-22-16-7-4-5-8-16;/h13,16H,3-12H2,1-2H3,(H2,18,19,20);1H. The highest BCUT2D eigenvalue weighted by Crippen LogP contribution is 2.20. The van der Waals surface area contributed by atoms with Crippen molar-refractivity contribution in [2.75, 3.05) is 26.2 Å². The van der Waals surface area contributed by atoms with Gasteiger partial charge in [0, 0.05) is 38.0 Å². The Hall–Kier alpha value is -0.410. The zero-order valence-electron chi connectivity index (χ0n) is 14.8. The molecule has 1 heterocycles. The van der Waals surface area contributed by atoms with Crippen LogP contribution in [0.15, 0.2) is 10.4 Å². The average molecular weight is 466 g/mol. The Kier molecular flexibility index (Phi) is 11.6. The number of aliphatic imine (C=N–C) groups is 1. The van der Waals surface area contributed by atoms with E-state index in [0.29, 0.717) is 6.10 Å². The second-order valence-corrected chi connectivity index (χ2v) is 6.99. The third-order valence-corrected chi connectivity index (χ3v) is 4.73. The Morgan fingerprint density at radius 3 is 2.83 bits per heavy atom. The van der Waals surface area contributed by atoms with Crippen molar-refractivity contribution in [2.24, 2.45) is 4.99 Å². The fourth-order valence-corrected chi connectivity index (χ4v) is 3.38. The van der Waals surface area contributed by atoms with E-state index >= 15 is 0 Å². The van der Waals surface area contributed by atoms with Gasteiger partial charge in [-0.15, -0.1) is 35.3 Å². The molecular formula is C17H31IN4OS. The normalized spacial score (nSPS) is 15.3. The number of aryl methyl sites for hydroxylation is 1. The van der Waals surface area contributed by atoms with E-state index < -0.39 is 0 Å². The first-order valence-corrected chi connectivity index (χ1v) is 9.70. The van der Waals surface area contributed by atoms with Gasteiger partial charge < -0.3 is 15.4 Å². The van der Waals surface area contributed by atoms with Gasteiger partial charge in [-0.1, -0.05) is 12.8 Å². The number of hydrogen-bond donors (Lipinski definition) is 2. The Morgan fingerprint density at radius 2 is 2.17 bits per heavy atom. The molecule has 0 aliphatic heterocycles. The minimum absolute atomic E-state index is 0. The number of ether oxygens (including phenoxy) is 1. The van der Waals surface area contributed by atoms with Crippen LogP contribution in [-0.2, 0) is 11.2 Å². The summed E-state index contributed by atoms with van der Waals surface area (Å²) in [5, 5.41) is 9.91. The molecule has 1 aromatic heterocycles. The minimum atomic E-state index is 0. The fourth-order valence-electron chi connectivity index (χ4n) is 2.73. The van der Waals surface area contributed by atoms with Crippen LogP contribution in [0.4, 0.5) is 0 Å². The van der Waals surface area contributed by atoms with E-state index in [4.69, 9.17) is 4.74 Å². The summed E-state index contributed by atoms with van der Waals surface area (Å²) in [7, 11) is 0. The predicted octanol–water partition coefficient (Wildman–Crippen LogP) is 3.52. The molecule has 7 heteroatoms.